The van der Waals surface area contributed by atoms with Crippen molar-refractivity contribution in [2.75, 3.05) is 0 Å². The van der Waals surface area contributed by atoms with Gasteiger partial charge in [0.05, 0.1) is 0 Å². The summed E-state index contributed by atoms with van der Waals surface area (Å²) in [5.41, 5.74) is 2.50. The normalized spacial score (nSPS) is 9.75. The molecule has 6 nitrogen and oxygen atoms in total. The SMILES string of the molecule is C[As](C)(=O)[O-].O=S(=O)([O-])O.[Na+].[Na+]. The Morgan fingerprint density at radius 3 is 1.25 bits per heavy atom. The predicted octanol–water partition coefficient (Wildman–Crippen LogP) is -7.51. The van der Waals surface area contributed by atoms with Gasteiger partial charge in [-0.15, -0.1) is 0 Å². The van der Waals surface area contributed by atoms with Gasteiger partial charge in [0.15, 0.2) is 0 Å². The van der Waals surface area contributed by atoms with Gasteiger partial charge in [0.25, 0.3) is 0 Å². The van der Waals surface area contributed by atoms with Gasteiger partial charge in [0.1, 0.15) is 0 Å². The minimum absolute atomic E-state index is 0. The average molecular weight is 280 g/mol. The summed E-state index contributed by atoms with van der Waals surface area (Å²) < 4.78 is 52.3. The van der Waals surface area contributed by atoms with E-state index in [1.165, 1.54) is 11.4 Å². The van der Waals surface area contributed by atoms with E-state index in [1.807, 2.05) is 0 Å². The van der Waals surface area contributed by atoms with Crippen LogP contribution in [0.4, 0.5) is 0 Å². The molecular weight excluding hydrogens is 273 g/mol. The van der Waals surface area contributed by atoms with Crippen molar-refractivity contribution >= 4 is 24.2 Å². The van der Waals surface area contributed by atoms with Crippen molar-refractivity contribution in [2.24, 2.45) is 0 Å². The van der Waals surface area contributed by atoms with E-state index in [4.69, 9.17) is 17.5 Å². The molecule has 0 heterocycles. The standard InChI is InChI=1S/C2H7AsO2.2Na.H2O4S/c1-3(2,4)5;;;1-5(2,3)4/h1-2H3,(H,4,5);;;(H2,1,2,3,4)/q;2*+1;/p-2. The van der Waals surface area contributed by atoms with Crippen LogP contribution >= 0.6 is 0 Å². The van der Waals surface area contributed by atoms with Gasteiger partial charge in [-0.3, -0.25) is 4.55 Å². The topological polar surface area (TPSA) is 118 Å². The van der Waals surface area contributed by atoms with Crippen LogP contribution in [-0.2, 0) is 14.1 Å². The second-order valence-electron chi connectivity index (χ2n) is 1.68. The minimum atomic E-state index is -4.92. The van der Waals surface area contributed by atoms with Gasteiger partial charge in [-0.1, -0.05) is 0 Å². The predicted molar refractivity (Wildman–Crippen MR) is 30.5 cm³/mol. The number of rotatable bonds is 0. The smallest absolute Gasteiger partial charge is 0.726 e. The third-order valence-electron chi connectivity index (χ3n) is 0. The Bertz CT molecular complexity index is 201. The van der Waals surface area contributed by atoms with Crippen molar-refractivity contribution in [3.05, 3.63) is 0 Å². The molecule has 12 heavy (non-hydrogen) atoms. The third-order valence-corrected chi connectivity index (χ3v) is 0. The number of hydrogen-bond acceptors (Lipinski definition) is 5. The molecule has 0 saturated carbocycles. The van der Waals surface area contributed by atoms with Crippen LogP contribution in [0.1, 0.15) is 0 Å². The van der Waals surface area contributed by atoms with Gasteiger partial charge in [0, 0.05) is 0 Å². The maximum atomic E-state index is 9.72. The van der Waals surface area contributed by atoms with Crippen LogP contribution in [0.15, 0.2) is 0 Å². The van der Waals surface area contributed by atoms with E-state index in [0.717, 1.165) is 0 Å². The van der Waals surface area contributed by atoms with Crippen molar-refractivity contribution in [1.82, 2.24) is 0 Å². The van der Waals surface area contributed by atoms with Crippen LogP contribution in [0.5, 0.6) is 0 Å². The van der Waals surface area contributed by atoms with Gasteiger partial charge < -0.3 is 4.55 Å². The van der Waals surface area contributed by atoms with Gasteiger partial charge in [-0.05, 0) is 0 Å². The van der Waals surface area contributed by atoms with E-state index in [9.17, 15) is 7.84 Å². The maximum Gasteiger partial charge on any atom is 1.00 e. The first-order chi connectivity index (χ1) is 4.00. The van der Waals surface area contributed by atoms with E-state index in [-0.39, 0.29) is 59.1 Å². The fourth-order valence-electron chi connectivity index (χ4n) is 0. The van der Waals surface area contributed by atoms with Crippen LogP contribution in [0.25, 0.3) is 0 Å². The van der Waals surface area contributed by atoms with Crippen molar-refractivity contribution in [1.29, 1.82) is 0 Å². The average Bonchev–Trinajstić information content (AvgIpc) is 1.12. The summed E-state index contributed by atoms with van der Waals surface area (Å²) >= 11 is -3.38. The molecule has 0 unspecified atom stereocenters. The number of hydrogen-bond donors (Lipinski definition) is 1. The van der Waals surface area contributed by atoms with E-state index >= 15 is 0 Å². The van der Waals surface area contributed by atoms with Crippen LogP contribution in [0.2, 0.25) is 11.4 Å². The van der Waals surface area contributed by atoms with Gasteiger partial charge >= 0.3 is 92.2 Å². The molecular formula is C2H7AsNa2O6S. The first-order valence-corrected chi connectivity index (χ1v) is 8.59. The molecule has 0 amide bonds. The van der Waals surface area contributed by atoms with Crippen LogP contribution in [0, 0.1) is 0 Å². The molecule has 0 aromatic carbocycles. The zero-order chi connectivity index (χ0) is 9.00. The summed E-state index contributed by atoms with van der Waals surface area (Å²) in [6, 6.07) is 0. The van der Waals surface area contributed by atoms with Crippen LogP contribution in [0.3, 0.4) is 0 Å². The van der Waals surface area contributed by atoms with Gasteiger partial charge in [-0.25, -0.2) is 8.42 Å². The van der Waals surface area contributed by atoms with Crippen LogP contribution in [-0.4, -0.2) is 31.4 Å². The van der Waals surface area contributed by atoms with E-state index in [2.05, 4.69) is 0 Å². The third kappa shape index (κ3) is 319. The summed E-state index contributed by atoms with van der Waals surface area (Å²) in [5, 5.41) is 0. The molecule has 0 saturated heterocycles. The Kier molecular flexibility index (Phi) is 19.3. The Labute approximate surface area is 118 Å². The molecule has 0 spiro atoms. The van der Waals surface area contributed by atoms with E-state index in [1.54, 1.807) is 0 Å². The van der Waals surface area contributed by atoms with Gasteiger partial charge in [0.2, 0.25) is 10.4 Å². The summed E-state index contributed by atoms with van der Waals surface area (Å²) in [6.07, 6.45) is 0. The molecule has 0 rings (SSSR count). The molecule has 0 aromatic heterocycles. The molecule has 0 radical (unpaired) electrons. The molecule has 0 bridgehead atoms. The van der Waals surface area contributed by atoms with E-state index < -0.39 is 24.2 Å². The van der Waals surface area contributed by atoms with Crippen molar-refractivity contribution in [2.45, 2.75) is 11.4 Å². The zero-order valence-electron chi connectivity index (χ0n) is 7.34. The fourth-order valence-corrected chi connectivity index (χ4v) is 0. The molecule has 0 aliphatic rings. The molecule has 64 valence electrons. The quantitative estimate of drug-likeness (QED) is 0.267. The van der Waals surface area contributed by atoms with Crippen molar-refractivity contribution < 1.29 is 84.5 Å². The largest absolute Gasteiger partial charge is 1.00 e. The Morgan fingerprint density at radius 1 is 1.25 bits per heavy atom. The summed E-state index contributed by atoms with van der Waals surface area (Å²) in [5.74, 6) is 0. The first-order valence-electron chi connectivity index (χ1n) is 1.94. The van der Waals surface area contributed by atoms with E-state index in [0.29, 0.717) is 0 Å². The molecule has 0 aliphatic carbocycles. The summed E-state index contributed by atoms with van der Waals surface area (Å²) in [6.45, 7) is 0. The summed E-state index contributed by atoms with van der Waals surface area (Å²) in [4.78, 5) is 0. The zero-order valence-corrected chi connectivity index (χ0v) is 14.0. The fraction of sp³-hybridized carbons (Fsp3) is 1.00. The second kappa shape index (κ2) is 9.73. The van der Waals surface area contributed by atoms with Crippen LogP contribution < -0.4 is 63.2 Å². The van der Waals surface area contributed by atoms with Gasteiger partial charge in [-0.2, -0.15) is 0 Å². The molecule has 0 aliphatic heterocycles. The molecule has 10 heteroatoms. The van der Waals surface area contributed by atoms with Crippen molar-refractivity contribution in [3.8, 4) is 0 Å². The monoisotopic (exact) mass is 280 g/mol. The second-order valence-corrected chi connectivity index (χ2v) is 7.79. The Balaban J connectivity index is -0.0000000457. The molecule has 0 fully saturated rings. The molecule has 1 N–H and O–H groups in total. The molecule has 0 atom stereocenters. The Morgan fingerprint density at radius 2 is 1.25 bits per heavy atom. The first kappa shape index (κ1) is 23.8. The maximum absolute atomic E-state index is 9.72. The minimum Gasteiger partial charge on any atom is -0.726 e. The Hall–Kier alpha value is 2.19. The summed E-state index contributed by atoms with van der Waals surface area (Å²) in [7, 11) is -4.92. The molecule has 0 aromatic rings. The van der Waals surface area contributed by atoms with Crippen molar-refractivity contribution in [3.63, 3.8) is 0 Å².